The highest BCUT2D eigenvalue weighted by atomic mass is 127. The molecule has 2 aliphatic rings. The van der Waals surface area contributed by atoms with Crippen LogP contribution < -0.4 is 5.32 Å². The lowest BCUT2D eigenvalue weighted by Gasteiger charge is -2.37. The Balaban J connectivity index is 0.00000256. The summed E-state index contributed by atoms with van der Waals surface area (Å²) in [7, 11) is 1.80. The third-order valence-electron chi connectivity index (χ3n) is 5.55. The van der Waals surface area contributed by atoms with Crippen LogP contribution in [0.15, 0.2) is 29.4 Å². The lowest BCUT2D eigenvalue weighted by Crippen LogP contribution is -2.55. The lowest BCUT2D eigenvalue weighted by molar-refractivity contribution is -0.142. The number of nitrogens with one attached hydrogen (secondary N) is 1. The Bertz CT molecular complexity index is 858. The summed E-state index contributed by atoms with van der Waals surface area (Å²) in [5.41, 5.74) is 0.877. The molecule has 0 radical (unpaired) electrons. The van der Waals surface area contributed by atoms with Gasteiger partial charge in [0.15, 0.2) is 11.6 Å². The van der Waals surface area contributed by atoms with Gasteiger partial charge in [-0.15, -0.1) is 34.2 Å². The maximum absolute atomic E-state index is 12.5. The number of halogens is 1. The van der Waals surface area contributed by atoms with Crippen LogP contribution in [0.25, 0.3) is 5.65 Å². The molecule has 2 saturated heterocycles. The molecule has 164 valence electrons. The SMILES string of the molecule is CN=C(NCCCc1nnc2ccccn12)N1CCN(C(=O)C2CCCO2)CC1.I. The Hall–Kier alpha value is -1.95. The normalized spacial score (nSPS) is 19.8. The lowest BCUT2D eigenvalue weighted by atomic mass is 10.2. The average Bonchev–Trinajstić information content (AvgIpc) is 3.44. The number of aryl methyl sites for hydroxylation is 1. The molecule has 9 nitrogen and oxygen atoms in total. The molecule has 0 saturated carbocycles. The van der Waals surface area contributed by atoms with Crippen LogP contribution in [0.4, 0.5) is 0 Å². The predicted octanol–water partition coefficient (Wildman–Crippen LogP) is 1.18. The molecule has 4 heterocycles. The number of amides is 1. The van der Waals surface area contributed by atoms with Gasteiger partial charge in [0.25, 0.3) is 5.91 Å². The summed E-state index contributed by atoms with van der Waals surface area (Å²) < 4.78 is 7.56. The Morgan fingerprint density at radius 2 is 2.03 bits per heavy atom. The molecule has 2 fully saturated rings. The van der Waals surface area contributed by atoms with Crippen molar-refractivity contribution < 1.29 is 9.53 Å². The van der Waals surface area contributed by atoms with E-state index in [-0.39, 0.29) is 36.0 Å². The molecule has 1 unspecified atom stereocenters. The monoisotopic (exact) mass is 527 g/mol. The maximum atomic E-state index is 12.5. The first-order valence-corrected chi connectivity index (χ1v) is 10.4. The number of pyridine rings is 1. The summed E-state index contributed by atoms with van der Waals surface area (Å²) in [6.07, 6.45) is 5.38. The second-order valence-corrected chi connectivity index (χ2v) is 7.44. The highest BCUT2D eigenvalue weighted by Gasteiger charge is 2.30. The van der Waals surface area contributed by atoms with Crippen LogP contribution in [0.3, 0.4) is 0 Å². The number of aromatic nitrogens is 3. The van der Waals surface area contributed by atoms with Crippen molar-refractivity contribution >= 4 is 41.5 Å². The van der Waals surface area contributed by atoms with E-state index >= 15 is 0 Å². The van der Waals surface area contributed by atoms with Gasteiger partial charge in [-0.1, -0.05) is 6.07 Å². The zero-order valence-corrected chi connectivity index (χ0v) is 19.7. The van der Waals surface area contributed by atoms with Crippen molar-refractivity contribution in [3.63, 3.8) is 0 Å². The van der Waals surface area contributed by atoms with Gasteiger partial charge in [-0.2, -0.15) is 0 Å². The number of fused-ring (bicyclic) bond motifs is 1. The van der Waals surface area contributed by atoms with Crippen LogP contribution >= 0.6 is 24.0 Å². The summed E-state index contributed by atoms with van der Waals surface area (Å²) in [6.45, 7) is 4.51. The third-order valence-corrected chi connectivity index (χ3v) is 5.55. The fourth-order valence-electron chi connectivity index (χ4n) is 3.96. The van der Waals surface area contributed by atoms with Crippen LogP contribution in [0, 0.1) is 0 Å². The molecule has 0 aromatic carbocycles. The summed E-state index contributed by atoms with van der Waals surface area (Å²) in [5.74, 6) is 2.00. The molecule has 2 aromatic heterocycles. The molecular weight excluding hydrogens is 497 g/mol. The van der Waals surface area contributed by atoms with E-state index < -0.39 is 0 Å². The van der Waals surface area contributed by atoms with Crippen molar-refractivity contribution in [3.8, 4) is 0 Å². The highest BCUT2D eigenvalue weighted by Crippen LogP contribution is 2.16. The molecule has 1 atom stereocenters. The van der Waals surface area contributed by atoms with Gasteiger partial charge in [0.05, 0.1) is 0 Å². The zero-order valence-electron chi connectivity index (χ0n) is 17.4. The molecule has 1 amide bonds. The van der Waals surface area contributed by atoms with Gasteiger partial charge in [0.2, 0.25) is 0 Å². The van der Waals surface area contributed by atoms with Crippen molar-refractivity contribution in [2.45, 2.75) is 31.8 Å². The first kappa shape index (κ1) is 22.7. The number of nitrogens with zero attached hydrogens (tertiary/aromatic N) is 6. The van der Waals surface area contributed by atoms with Crippen LogP contribution in [-0.4, -0.2) is 88.7 Å². The van der Waals surface area contributed by atoms with E-state index in [2.05, 4.69) is 25.4 Å². The van der Waals surface area contributed by atoms with E-state index in [4.69, 9.17) is 4.74 Å². The molecule has 4 rings (SSSR count). The van der Waals surface area contributed by atoms with E-state index in [9.17, 15) is 4.79 Å². The van der Waals surface area contributed by atoms with Gasteiger partial charge in [0.1, 0.15) is 11.9 Å². The summed E-state index contributed by atoms with van der Waals surface area (Å²) in [5, 5.41) is 11.9. The third kappa shape index (κ3) is 5.20. The fourth-order valence-corrected chi connectivity index (χ4v) is 3.96. The molecule has 10 heteroatoms. The number of carbonyl (C=O) groups excluding carboxylic acids is 1. The summed E-state index contributed by atoms with van der Waals surface area (Å²) >= 11 is 0. The minimum atomic E-state index is -0.229. The van der Waals surface area contributed by atoms with E-state index in [1.807, 2.05) is 33.7 Å². The predicted molar refractivity (Wildman–Crippen MR) is 125 cm³/mol. The number of hydrogen-bond donors (Lipinski definition) is 1. The van der Waals surface area contributed by atoms with E-state index in [1.165, 1.54) is 0 Å². The van der Waals surface area contributed by atoms with Crippen molar-refractivity contribution in [1.82, 2.24) is 29.7 Å². The van der Waals surface area contributed by atoms with E-state index in [0.29, 0.717) is 19.7 Å². The van der Waals surface area contributed by atoms with Crippen molar-refractivity contribution in [3.05, 3.63) is 30.2 Å². The zero-order chi connectivity index (χ0) is 20.1. The van der Waals surface area contributed by atoms with Crippen LogP contribution in [0.2, 0.25) is 0 Å². The van der Waals surface area contributed by atoms with Gasteiger partial charge in [-0.3, -0.25) is 14.2 Å². The van der Waals surface area contributed by atoms with E-state index in [1.54, 1.807) is 7.05 Å². The number of ether oxygens (including phenoxy) is 1. The highest BCUT2D eigenvalue weighted by molar-refractivity contribution is 14.0. The Morgan fingerprint density at radius 3 is 2.77 bits per heavy atom. The minimum Gasteiger partial charge on any atom is -0.368 e. The van der Waals surface area contributed by atoms with Crippen molar-refractivity contribution in [2.75, 3.05) is 46.4 Å². The minimum absolute atomic E-state index is 0. The Kier molecular flexibility index (Phi) is 8.25. The quantitative estimate of drug-likeness (QED) is 0.272. The van der Waals surface area contributed by atoms with Gasteiger partial charge in [0, 0.05) is 59.0 Å². The first-order chi connectivity index (χ1) is 14.3. The van der Waals surface area contributed by atoms with Crippen molar-refractivity contribution in [2.24, 2.45) is 4.99 Å². The van der Waals surface area contributed by atoms with Gasteiger partial charge >= 0.3 is 0 Å². The number of rotatable bonds is 5. The number of piperazine rings is 1. The molecule has 0 aliphatic carbocycles. The maximum Gasteiger partial charge on any atom is 0.251 e. The summed E-state index contributed by atoms with van der Waals surface area (Å²) in [6, 6.07) is 5.91. The Labute approximate surface area is 193 Å². The second kappa shape index (κ2) is 10.9. The Morgan fingerprint density at radius 1 is 1.23 bits per heavy atom. The standard InChI is InChI=1S/C20H29N7O2.HI/c1-21-20(22-9-4-8-18-24-23-17-7-2-3-10-27(17)18)26-13-11-25(12-14-26)19(28)16-6-5-15-29-16;/h2-3,7,10,16H,4-6,8-9,11-15H2,1H3,(H,21,22);1H. The fraction of sp³-hybridized carbons (Fsp3) is 0.600. The average molecular weight is 527 g/mol. The second-order valence-electron chi connectivity index (χ2n) is 7.44. The topological polar surface area (TPSA) is 87.4 Å². The first-order valence-electron chi connectivity index (χ1n) is 10.4. The smallest absolute Gasteiger partial charge is 0.251 e. The van der Waals surface area contributed by atoms with Gasteiger partial charge < -0.3 is 19.9 Å². The number of carbonyl (C=O) groups is 1. The van der Waals surface area contributed by atoms with Crippen LogP contribution in [-0.2, 0) is 16.0 Å². The molecule has 2 aromatic rings. The molecule has 30 heavy (non-hydrogen) atoms. The molecule has 2 aliphatic heterocycles. The molecule has 0 bridgehead atoms. The number of guanidine groups is 1. The molecule has 1 N–H and O–H groups in total. The summed E-state index contributed by atoms with van der Waals surface area (Å²) in [4.78, 5) is 21.0. The van der Waals surface area contributed by atoms with E-state index in [0.717, 1.165) is 62.7 Å². The van der Waals surface area contributed by atoms with Gasteiger partial charge in [-0.25, -0.2) is 0 Å². The molecular formula is C20H30IN7O2. The molecule has 0 spiro atoms. The van der Waals surface area contributed by atoms with Crippen LogP contribution in [0.1, 0.15) is 25.1 Å². The van der Waals surface area contributed by atoms with Crippen molar-refractivity contribution in [1.29, 1.82) is 0 Å². The van der Waals surface area contributed by atoms with Gasteiger partial charge in [-0.05, 0) is 31.4 Å². The van der Waals surface area contributed by atoms with Crippen LogP contribution in [0.5, 0.6) is 0 Å². The largest absolute Gasteiger partial charge is 0.368 e. The number of aliphatic imine (C=N–C) groups is 1. The number of hydrogen-bond acceptors (Lipinski definition) is 5.